The van der Waals surface area contributed by atoms with Gasteiger partial charge in [0.15, 0.2) is 0 Å². The Labute approximate surface area is 103 Å². The van der Waals surface area contributed by atoms with Crippen molar-refractivity contribution < 1.29 is 24.3 Å². The van der Waals surface area contributed by atoms with Gasteiger partial charge in [0.2, 0.25) is 11.8 Å². The van der Waals surface area contributed by atoms with E-state index in [0.29, 0.717) is 0 Å². The molecule has 1 rings (SSSR count). The van der Waals surface area contributed by atoms with Crippen molar-refractivity contribution >= 4 is 23.8 Å². The fourth-order valence-electron chi connectivity index (χ4n) is 1.35. The van der Waals surface area contributed by atoms with Gasteiger partial charge in [0, 0.05) is 0 Å². The summed E-state index contributed by atoms with van der Waals surface area (Å²) in [5, 5.41) is 13.2. The first-order valence-electron chi connectivity index (χ1n) is 5.31. The van der Waals surface area contributed by atoms with Crippen molar-refractivity contribution in [3.8, 4) is 0 Å². The Morgan fingerprint density at radius 1 is 1.44 bits per heavy atom. The maximum Gasteiger partial charge on any atom is 0.328 e. The Kier molecular flexibility index (Phi) is 3.59. The standard InChI is InChI=1S/C10H15N3O5/c1-5-7(15)11-6(14)4-13(5)9(18)12-10(2,3)8(16)17/h5H,4H2,1-3H3,(H,12,18)(H,16,17)(H,11,14,15). The van der Waals surface area contributed by atoms with Crippen LogP contribution in [0.5, 0.6) is 0 Å². The van der Waals surface area contributed by atoms with Crippen LogP contribution in [0, 0.1) is 0 Å². The number of carboxylic acid groups (broad SMARTS) is 1. The molecule has 1 aliphatic rings. The van der Waals surface area contributed by atoms with E-state index in [1.807, 2.05) is 0 Å². The van der Waals surface area contributed by atoms with Crippen LogP contribution in [0.1, 0.15) is 20.8 Å². The molecule has 1 fully saturated rings. The van der Waals surface area contributed by atoms with Crippen LogP contribution in [0.4, 0.5) is 4.79 Å². The molecular formula is C10H15N3O5. The number of piperazine rings is 1. The number of hydrogen-bond acceptors (Lipinski definition) is 4. The third-order valence-electron chi connectivity index (χ3n) is 2.64. The number of nitrogens with one attached hydrogen (secondary N) is 2. The first kappa shape index (κ1) is 13.9. The van der Waals surface area contributed by atoms with Crippen LogP contribution < -0.4 is 10.6 Å². The number of rotatable bonds is 2. The first-order valence-corrected chi connectivity index (χ1v) is 5.31. The fourth-order valence-corrected chi connectivity index (χ4v) is 1.35. The van der Waals surface area contributed by atoms with Crippen molar-refractivity contribution in [1.29, 1.82) is 0 Å². The number of carboxylic acids is 1. The van der Waals surface area contributed by atoms with Crippen molar-refractivity contribution in [3.05, 3.63) is 0 Å². The minimum Gasteiger partial charge on any atom is -0.480 e. The molecule has 0 aromatic rings. The van der Waals surface area contributed by atoms with E-state index in [2.05, 4.69) is 10.6 Å². The zero-order valence-electron chi connectivity index (χ0n) is 10.3. The lowest BCUT2D eigenvalue weighted by Gasteiger charge is -2.34. The van der Waals surface area contributed by atoms with Crippen LogP contribution in [0.15, 0.2) is 0 Å². The maximum atomic E-state index is 11.8. The van der Waals surface area contributed by atoms with E-state index in [9.17, 15) is 19.2 Å². The number of amides is 4. The molecule has 0 aromatic carbocycles. The van der Waals surface area contributed by atoms with Crippen molar-refractivity contribution in [2.24, 2.45) is 0 Å². The van der Waals surface area contributed by atoms with Gasteiger partial charge in [-0.05, 0) is 20.8 Å². The normalized spacial score (nSPS) is 20.4. The maximum absolute atomic E-state index is 11.8. The molecular weight excluding hydrogens is 242 g/mol. The second-order valence-corrected chi connectivity index (χ2v) is 4.58. The van der Waals surface area contributed by atoms with Crippen LogP contribution in [-0.2, 0) is 14.4 Å². The summed E-state index contributed by atoms with van der Waals surface area (Å²) in [6.45, 7) is 3.79. The van der Waals surface area contributed by atoms with Crippen LogP contribution in [-0.4, -0.2) is 51.9 Å². The Balaban J connectivity index is 2.80. The quantitative estimate of drug-likeness (QED) is 0.543. The zero-order chi connectivity index (χ0) is 14.1. The molecule has 0 spiro atoms. The Hall–Kier alpha value is -2.12. The lowest BCUT2D eigenvalue weighted by molar-refractivity contribution is -0.143. The van der Waals surface area contributed by atoms with E-state index >= 15 is 0 Å². The van der Waals surface area contributed by atoms with E-state index in [1.54, 1.807) is 0 Å². The second-order valence-electron chi connectivity index (χ2n) is 4.58. The van der Waals surface area contributed by atoms with E-state index in [0.717, 1.165) is 4.90 Å². The second kappa shape index (κ2) is 4.63. The van der Waals surface area contributed by atoms with Crippen LogP contribution >= 0.6 is 0 Å². The van der Waals surface area contributed by atoms with Crippen molar-refractivity contribution in [2.75, 3.05) is 6.54 Å². The number of hydrogen-bond donors (Lipinski definition) is 3. The SMILES string of the molecule is CC1C(=O)NC(=O)CN1C(=O)NC(C)(C)C(=O)O. The van der Waals surface area contributed by atoms with Gasteiger partial charge in [0.1, 0.15) is 18.1 Å². The minimum absolute atomic E-state index is 0.283. The van der Waals surface area contributed by atoms with Crippen LogP contribution in [0.25, 0.3) is 0 Å². The molecule has 18 heavy (non-hydrogen) atoms. The van der Waals surface area contributed by atoms with Gasteiger partial charge < -0.3 is 15.3 Å². The molecule has 1 saturated heterocycles. The van der Waals surface area contributed by atoms with Crippen LogP contribution in [0.2, 0.25) is 0 Å². The molecule has 0 radical (unpaired) electrons. The molecule has 0 bridgehead atoms. The van der Waals surface area contributed by atoms with Crippen molar-refractivity contribution in [1.82, 2.24) is 15.5 Å². The summed E-state index contributed by atoms with van der Waals surface area (Å²) in [4.78, 5) is 46.2. The number of carbonyl (C=O) groups is 4. The third-order valence-corrected chi connectivity index (χ3v) is 2.64. The molecule has 0 aliphatic carbocycles. The summed E-state index contributed by atoms with van der Waals surface area (Å²) in [6, 6.07) is -1.59. The Morgan fingerprint density at radius 2 is 2.00 bits per heavy atom. The highest BCUT2D eigenvalue weighted by atomic mass is 16.4. The number of nitrogens with zero attached hydrogens (tertiary/aromatic N) is 1. The molecule has 0 aromatic heterocycles. The zero-order valence-corrected chi connectivity index (χ0v) is 10.3. The van der Waals surface area contributed by atoms with Gasteiger partial charge in [-0.3, -0.25) is 14.9 Å². The Bertz CT molecular complexity index is 418. The first-order chi connectivity index (χ1) is 8.15. The van der Waals surface area contributed by atoms with Gasteiger partial charge in [-0.1, -0.05) is 0 Å². The van der Waals surface area contributed by atoms with Crippen molar-refractivity contribution in [3.63, 3.8) is 0 Å². The number of urea groups is 1. The van der Waals surface area contributed by atoms with E-state index < -0.39 is 35.4 Å². The van der Waals surface area contributed by atoms with Gasteiger partial charge in [0.05, 0.1) is 0 Å². The average molecular weight is 257 g/mol. The molecule has 1 unspecified atom stereocenters. The highest BCUT2D eigenvalue weighted by Crippen LogP contribution is 2.08. The number of carbonyl (C=O) groups excluding carboxylic acids is 3. The van der Waals surface area contributed by atoms with E-state index in [1.165, 1.54) is 20.8 Å². The highest BCUT2D eigenvalue weighted by Gasteiger charge is 2.37. The predicted octanol–water partition coefficient (Wildman–Crippen LogP) is -1.09. The topological polar surface area (TPSA) is 116 Å². The third kappa shape index (κ3) is 2.76. The monoisotopic (exact) mass is 257 g/mol. The molecule has 1 heterocycles. The van der Waals surface area contributed by atoms with E-state index in [4.69, 9.17) is 5.11 Å². The minimum atomic E-state index is -1.48. The van der Waals surface area contributed by atoms with E-state index in [-0.39, 0.29) is 6.54 Å². The average Bonchev–Trinajstić information content (AvgIpc) is 2.22. The lowest BCUT2D eigenvalue weighted by Crippen LogP contribution is -2.63. The molecule has 1 aliphatic heterocycles. The summed E-state index contributed by atoms with van der Waals surface area (Å²) < 4.78 is 0. The van der Waals surface area contributed by atoms with Gasteiger partial charge in [0.25, 0.3) is 0 Å². The molecule has 1 atom stereocenters. The van der Waals surface area contributed by atoms with Crippen molar-refractivity contribution in [2.45, 2.75) is 32.4 Å². The summed E-state index contributed by atoms with van der Waals surface area (Å²) >= 11 is 0. The van der Waals surface area contributed by atoms with Gasteiger partial charge in [-0.25, -0.2) is 9.59 Å². The highest BCUT2D eigenvalue weighted by molar-refractivity contribution is 6.04. The fraction of sp³-hybridized carbons (Fsp3) is 0.600. The summed E-state index contributed by atoms with van der Waals surface area (Å²) in [7, 11) is 0. The van der Waals surface area contributed by atoms with Gasteiger partial charge in [-0.15, -0.1) is 0 Å². The molecule has 100 valence electrons. The molecule has 0 saturated carbocycles. The molecule has 8 heteroatoms. The molecule has 8 nitrogen and oxygen atoms in total. The Morgan fingerprint density at radius 3 is 2.50 bits per heavy atom. The molecule has 3 N–H and O–H groups in total. The van der Waals surface area contributed by atoms with Gasteiger partial charge in [-0.2, -0.15) is 0 Å². The summed E-state index contributed by atoms with van der Waals surface area (Å²) in [6.07, 6.45) is 0. The smallest absolute Gasteiger partial charge is 0.328 e. The van der Waals surface area contributed by atoms with Crippen LogP contribution in [0.3, 0.4) is 0 Å². The van der Waals surface area contributed by atoms with Gasteiger partial charge >= 0.3 is 12.0 Å². The summed E-state index contributed by atoms with van der Waals surface area (Å²) in [5.74, 6) is -2.40. The predicted molar refractivity (Wildman–Crippen MR) is 59.6 cm³/mol. The number of aliphatic carboxylic acids is 1. The number of imide groups is 1. The lowest BCUT2D eigenvalue weighted by atomic mass is 10.1. The molecule has 4 amide bonds. The largest absolute Gasteiger partial charge is 0.480 e. The summed E-state index contributed by atoms with van der Waals surface area (Å²) in [5.41, 5.74) is -1.48.